The maximum absolute atomic E-state index is 12.9. The summed E-state index contributed by atoms with van der Waals surface area (Å²) in [4.78, 5) is 58.3. The molecule has 0 saturated carbocycles. The molecule has 0 aliphatic carbocycles. The van der Waals surface area contributed by atoms with Crippen molar-refractivity contribution in [2.45, 2.75) is 25.7 Å². The highest BCUT2D eigenvalue weighted by Crippen LogP contribution is 2.25. The van der Waals surface area contributed by atoms with Gasteiger partial charge in [0, 0.05) is 60.4 Å². The quantitative estimate of drug-likeness (QED) is 0.0704. The second kappa shape index (κ2) is 18.1. The number of nitrogens with zero attached hydrogens (tertiary/aromatic N) is 8. The van der Waals surface area contributed by atoms with Crippen LogP contribution in [0.5, 0.6) is 0 Å². The number of piperazine rings is 1. The van der Waals surface area contributed by atoms with Crippen molar-refractivity contribution in [1.82, 2.24) is 29.6 Å². The highest BCUT2D eigenvalue weighted by atomic mass is 35.5. The first-order valence-corrected chi connectivity index (χ1v) is 19.4. The molecule has 0 unspecified atom stereocenters. The maximum Gasteiger partial charge on any atom is 0.347 e. The number of carbonyl (C=O) groups is 4. The third kappa shape index (κ3) is 9.74. The van der Waals surface area contributed by atoms with Crippen molar-refractivity contribution < 1.29 is 28.0 Å². The lowest BCUT2D eigenvalue weighted by Gasteiger charge is -2.34. The second-order valence-corrected chi connectivity index (χ2v) is 14.6. The van der Waals surface area contributed by atoms with Gasteiger partial charge in [-0.15, -0.1) is 0 Å². The number of rotatable bonds is 16. The van der Waals surface area contributed by atoms with Gasteiger partial charge in [0.25, 0.3) is 11.8 Å². The van der Waals surface area contributed by atoms with E-state index in [1.807, 2.05) is 36.4 Å². The molecule has 4 aromatic rings. The van der Waals surface area contributed by atoms with Gasteiger partial charge in [0.15, 0.2) is 0 Å². The van der Waals surface area contributed by atoms with Crippen LogP contribution >= 0.6 is 23.2 Å². The van der Waals surface area contributed by atoms with Gasteiger partial charge in [-0.25, -0.2) is 19.6 Å². The van der Waals surface area contributed by atoms with Gasteiger partial charge in [-0.05, 0) is 112 Å². The predicted molar refractivity (Wildman–Crippen MR) is 212 cm³/mol. The van der Waals surface area contributed by atoms with E-state index in [-0.39, 0.29) is 24.9 Å². The molecule has 0 spiro atoms. The van der Waals surface area contributed by atoms with E-state index >= 15 is 0 Å². The van der Waals surface area contributed by atoms with Crippen LogP contribution in [0.3, 0.4) is 0 Å². The number of furan rings is 2. The first-order valence-electron chi connectivity index (χ1n) is 18.7. The Morgan fingerprint density at radius 2 is 0.893 bits per heavy atom. The Labute approximate surface area is 334 Å². The van der Waals surface area contributed by atoms with Crippen LogP contribution < -0.4 is 0 Å². The van der Waals surface area contributed by atoms with E-state index in [2.05, 4.69) is 20.0 Å². The van der Waals surface area contributed by atoms with Gasteiger partial charge < -0.3 is 18.6 Å². The molecule has 0 radical (unpaired) electrons. The van der Waals surface area contributed by atoms with Crippen molar-refractivity contribution in [3.63, 3.8) is 0 Å². The summed E-state index contributed by atoms with van der Waals surface area (Å²) in [6.07, 6.45) is 6.04. The van der Waals surface area contributed by atoms with E-state index in [1.165, 1.54) is 32.2 Å². The summed E-state index contributed by atoms with van der Waals surface area (Å²) in [5.74, 6) is 1.70. The number of hydrogen-bond donors (Lipinski definition) is 0. The lowest BCUT2D eigenvalue weighted by atomic mass is 10.2. The Morgan fingerprint density at radius 3 is 1.29 bits per heavy atom. The largest absolute Gasteiger partial charge is 0.455 e. The van der Waals surface area contributed by atoms with Gasteiger partial charge in [-0.3, -0.25) is 19.4 Å². The molecule has 0 atom stereocenters. The first-order chi connectivity index (χ1) is 27.2. The summed E-state index contributed by atoms with van der Waals surface area (Å²) in [7, 11) is 0. The zero-order valence-electron chi connectivity index (χ0n) is 30.8. The Kier molecular flexibility index (Phi) is 12.6. The van der Waals surface area contributed by atoms with E-state index in [0.29, 0.717) is 59.0 Å². The number of urea groups is 2. The van der Waals surface area contributed by atoms with Crippen LogP contribution in [-0.2, 0) is 9.59 Å². The molecule has 14 nitrogen and oxygen atoms in total. The van der Waals surface area contributed by atoms with Crippen molar-refractivity contribution >= 4 is 59.5 Å². The smallest absolute Gasteiger partial charge is 0.347 e. The topological polar surface area (TPSA) is 139 Å². The molecule has 6 amide bonds. The van der Waals surface area contributed by atoms with Crippen LogP contribution in [-0.4, -0.2) is 131 Å². The first kappa shape index (κ1) is 39.0. The van der Waals surface area contributed by atoms with Crippen LogP contribution in [0.2, 0.25) is 10.0 Å². The van der Waals surface area contributed by atoms with E-state index in [9.17, 15) is 19.2 Å². The van der Waals surface area contributed by atoms with Gasteiger partial charge in [-0.1, -0.05) is 23.2 Å². The van der Waals surface area contributed by atoms with Crippen LogP contribution in [0, 0.1) is 0 Å². The normalized spacial score (nSPS) is 17.3. The number of halogens is 2. The minimum absolute atomic E-state index is 0.0974. The molecule has 56 heavy (non-hydrogen) atoms. The number of carbonyl (C=O) groups excluding carboxylic acids is 4. The number of benzene rings is 2. The zero-order valence-corrected chi connectivity index (χ0v) is 32.3. The molecule has 3 aliphatic rings. The van der Waals surface area contributed by atoms with Crippen molar-refractivity contribution in [3.8, 4) is 22.6 Å². The van der Waals surface area contributed by atoms with Gasteiger partial charge in [0.1, 0.15) is 36.1 Å². The van der Waals surface area contributed by atoms with Crippen molar-refractivity contribution in [1.29, 1.82) is 0 Å². The van der Waals surface area contributed by atoms with E-state index < -0.39 is 12.1 Å². The average Bonchev–Trinajstić information content (AvgIpc) is 3.99. The van der Waals surface area contributed by atoms with Crippen molar-refractivity contribution in [2.24, 2.45) is 10.2 Å². The molecular weight excluding hydrogens is 759 g/mol. The molecule has 7 rings (SSSR count). The number of hydrogen-bond acceptors (Lipinski definition) is 10. The molecule has 5 heterocycles. The number of amides is 6. The lowest BCUT2D eigenvalue weighted by Crippen LogP contribution is -2.47. The van der Waals surface area contributed by atoms with Gasteiger partial charge >= 0.3 is 12.1 Å². The van der Waals surface area contributed by atoms with E-state index in [4.69, 9.17) is 32.0 Å². The average molecular weight is 802 g/mol. The number of unbranched alkanes of at least 4 members (excludes halogenated alkanes) is 2. The fraction of sp³-hybridized carbons (Fsp3) is 0.350. The van der Waals surface area contributed by atoms with Gasteiger partial charge in [-0.2, -0.15) is 10.2 Å². The molecule has 3 aliphatic heterocycles. The van der Waals surface area contributed by atoms with Crippen LogP contribution in [0.15, 0.2) is 91.8 Å². The van der Waals surface area contributed by atoms with Crippen LogP contribution in [0.25, 0.3) is 22.6 Å². The molecule has 2 aromatic carbocycles. The van der Waals surface area contributed by atoms with Crippen molar-refractivity contribution in [3.05, 3.63) is 94.4 Å². The van der Waals surface area contributed by atoms with Crippen LogP contribution in [0.1, 0.15) is 37.2 Å². The maximum atomic E-state index is 12.9. The molecular formula is C40H42Cl2N8O6. The Bertz CT molecular complexity index is 1930. The Balaban J connectivity index is 0.752. The predicted octanol–water partition coefficient (Wildman–Crippen LogP) is 6.59. The second-order valence-electron chi connectivity index (χ2n) is 13.8. The lowest BCUT2D eigenvalue weighted by molar-refractivity contribution is -0.126. The van der Waals surface area contributed by atoms with E-state index in [1.54, 1.807) is 36.4 Å². The Hall–Kier alpha value is -5.28. The van der Waals surface area contributed by atoms with Gasteiger partial charge in [0.05, 0.1) is 12.4 Å². The summed E-state index contributed by atoms with van der Waals surface area (Å²) in [5, 5.41) is 12.0. The van der Waals surface area contributed by atoms with Crippen molar-refractivity contribution in [2.75, 3.05) is 65.4 Å². The molecule has 2 aromatic heterocycles. The summed E-state index contributed by atoms with van der Waals surface area (Å²) in [6, 6.07) is 20.8. The minimum atomic E-state index is -0.427. The highest BCUT2D eigenvalue weighted by molar-refractivity contribution is 6.30. The third-order valence-electron chi connectivity index (χ3n) is 9.91. The standard InChI is InChI=1S/C40H42Cl2N8O6/c41-31-9-5-29(6-10-31)35-15-13-33(55-35)25-43-49-27-37(51)47(39(49)53)19-3-1-17-45-21-23-46(24-22-45)18-2-4-20-48-38(52)28-50(40(48)54)44-26-34-14-16-36(56-34)30-7-11-32(42)12-8-30/h5-16,25-26H,1-4,17-24,27-28H2. The molecule has 3 saturated heterocycles. The molecule has 0 N–H and O–H groups in total. The summed E-state index contributed by atoms with van der Waals surface area (Å²) >= 11 is 11.9. The SMILES string of the molecule is O=C1CN(N=Cc2ccc(-c3ccc(Cl)cc3)o2)C(=O)N1CCCCN1CCN(CCCCN2C(=O)CN(N=Cc3ccc(-c4ccc(Cl)cc4)o3)C2=O)CC1. The highest BCUT2D eigenvalue weighted by Gasteiger charge is 2.36. The Morgan fingerprint density at radius 1 is 0.518 bits per heavy atom. The fourth-order valence-electron chi connectivity index (χ4n) is 6.76. The molecule has 3 fully saturated rings. The minimum Gasteiger partial charge on any atom is -0.455 e. The monoisotopic (exact) mass is 800 g/mol. The number of imide groups is 2. The fourth-order valence-corrected chi connectivity index (χ4v) is 7.01. The molecule has 292 valence electrons. The van der Waals surface area contributed by atoms with E-state index in [0.717, 1.165) is 63.2 Å². The summed E-state index contributed by atoms with van der Waals surface area (Å²) in [6.45, 7) is 6.03. The van der Waals surface area contributed by atoms with Crippen LogP contribution in [0.4, 0.5) is 9.59 Å². The molecule has 0 bridgehead atoms. The summed E-state index contributed by atoms with van der Waals surface area (Å²) < 4.78 is 11.6. The third-order valence-corrected chi connectivity index (χ3v) is 10.4. The summed E-state index contributed by atoms with van der Waals surface area (Å²) in [5.41, 5.74) is 1.73. The molecule has 16 heteroatoms. The van der Waals surface area contributed by atoms with Gasteiger partial charge in [0.2, 0.25) is 0 Å². The number of hydrazone groups is 2. The zero-order chi connectivity index (χ0) is 39.0.